The molecule has 0 bridgehead atoms. The van der Waals surface area contributed by atoms with Crippen LogP contribution < -0.4 is 5.32 Å². The molecular weight excluding hydrogens is 179 g/mol. The van der Waals surface area contributed by atoms with Gasteiger partial charge in [-0.3, -0.25) is 4.90 Å². The summed E-state index contributed by atoms with van der Waals surface area (Å²) in [6, 6.07) is 1.09. The third-order valence-electron chi connectivity index (χ3n) is 2.58. The van der Waals surface area contributed by atoms with Gasteiger partial charge in [0.25, 0.3) is 0 Å². The van der Waals surface area contributed by atoms with E-state index in [1.54, 1.807) is 6.92 Å². The van der Waals surface area contributed by atoms with E-state index in [4.69, 9.17) is 0 Å². The van der Waals surface area contributed by atoms with Crippen LogP contribution in [0.4, 0.5) is 4.39 Å². The van der Waals surface area contributed by atoms with Crippen molar-refractivity contribution in [1.29, 1.82) is 0 Å². The topological polar surface area (TPSA) is 15.3 Å². The Kier molecular flexibility index (Phi) is 4.82. The fourth-order valence-electron chi connectivity index (χ4n) is 2.18. The third-order valence-corrected chi connectivity index (χ3v) is 2.58. The molecule has 1 rings (SSSR count). The first kappa shape index (κ1) is 11.9. The van der Waals surface area contributed by atoms with Gasteiger partial charge in [0.2, 0.25) is 0 Å². The Balaban J connectivity index is 0.00000196. The van der Waals surface area contributed by atoms with Gasteiger partial charge in [0.15, 0.2) is 0 Å². The van der Waals surface area contributed by atoms with Crippen molar-refractivity contribution >= 4 is 0 Å². The number of piperidine rings is 1. The molecule has 1 fully saturated rings. The molecule has 3 heteroatoms. The van der Waals surface area contributed by atoms with Gasteiger partial charge in [0.1, 0.15) is 6.17 Å². The molecule has 86 valence electrons. The van der Waals surface area contributed by atoms with Crippen molar-refractivity contribution in [2.75, 3.05) is 19.6 Å². The van der Waals surface area contributed by atoms with E-state index in [2.05, 4.69) is 24.1 Å². The summed E-state index contributed by atoms with van der Waals surface area (Å²) in [5.74, 6) is 0. The standard InChI is InChI=1S/C11H23FN2.H2/c1-9(2)13-11-5-4-6-14(8-11)7-10(3)12;/h9-11,13H,4-8H2,1-3H3;1H. The summed E-state index contributed by atoms with van der Waals surface area (Å²) >= 11 is 0. The molecule has 1 saturated heterocycles. The lowest BCUT2D eigenvalue weighted by Gasteiger charge is -2.34. The molecule has 1 heterocycles. The lowest BCUT2D eigenvalue weighted by atomic mass is 10.0. The number of nitrogens with zero attached hydrogens (tertiary/aromatic N) is 1. The third kappa shape index (κ3) is 4.38. The molecule has 0 radical (unpaired) electrons. The molecule has 0 saturated carbocycles. The Hall–Kier alpha value is -0.150. The van der Waals surface area contributed by atoms with Crippen molar-refractivity contribution in [3.8, 4) is 0 Å². The quantitative estimate of drug-likeness (QED) is 0.754. The van der Waals surface area contributed by atoms with E-state index in [0.717, 1.165) is 13.1 Å². The van der Waals surface area contributed by atoms with Gasteiger partial charge in [-0.05, 0) is 26.3 Å². The Labute approximate surface area is 88.3 Å². The monoisotopic (exact) mass is 204 g/mol. The van der Waals surface area contributed by atoms with Crippen molar-refractivity contribution < 1.29 is 5.82 Å². The number of likely N-dealkylation sites (tertiary alicyclic amines) is 1. The molecule has 2 nitrogen and oxygen atoms in total. The van der Waals surface area contributed by atoms with E-state index in [0.29, 0.717) is 18.6 Å². The molecule has 1 aliphatic heterocycles. The number of hydrogen-bond acceptors (Lipinski definition) is 2. The fraction of sp³-hybridized carbons (Fsp3) is 1.00. The maximum Gasteiger partial charge on any atom is 0.110 e. The van der Waals surface area contributed by atoms with Gasteiger partial charge in [0, 0.05) is 26.6 Å². The first-order chi connectivity index (χ1) is 6.58. The summed E-state index contributed by atoms with van der Waals surface area (Å²) in [4.78, 5) is 2.23. The van der Waals surface area contributed by atoms with Crippen LogP contribution in [0.5, 0.6) is 0 Å². The average molecular weight is 204 g/mol. The maximum absolute atomic E-state index is 12.8. The number of nitrogens with one attached hydrogen (secondary N) is 1. The second-order valence-electron chi connectivity index (χ2n) is 4.70. The largest absolute Gasteiger partial charge is 0.311 e. The second-order valence-corrected chi connectivity index (χ2v) is 4.70. The van der Waals surface area contributed by atoms with E-state index >= 15 is 0 Å². The molecule has 14 heavy (non-hydrogen) atoms. The summed E-state index contributed by atoms with van der Waals surface area (Å²) in [5, 5.41) is 3.52. The molecule has 2 atom stereocenters. The summed E-state index contributed by atoms with van der Waals surface area (Å²) in [5.41, 5.74) is 0. The molecular formula is C11H25FN2. The van der Waals surface area contributed by atoms with Crippen LogP contribution in [0.2, 0.25) is 0 Å². The first-order valence-corrected chi connectivity index (χ1v) is 5.70. The number of halogens is 1. The Morgan fingerprint density at radius 1 is 1.50 bits per heavy atom. The van der Waals surface area contributed by atoms with Crippen LogP contribution in [-0.2, 0) is 0 Å². The van der Waals surface area contributed by atoms with E-state index < -0.39 is 6.17 Å². The minimum absolute atomic E-state index is 0. The average Bonchev–Trinajstić information content (AvgIpc) is 2.01. The van der Waals surface area contributed by atoms with Crippen LogP contribution in [0.1, 0.15) is 35.0 Å². The van der Waals surface area contributed by atoms with E-state index in [1.807, 2.05) is 0 Å². The number of hydrogen-bond donors (Lipinski definition) is 1. The molecule has 1 aliphatic rings. The van der Waals surface area contributed by atoms with Crippen molar-refractivity contribution in [2.45, 2.75) is 51.9 Å². The Bertz CT molecular complexity index is 149. The predicted octanol–water partition coefficient (Wildman–Crippen LogP) is 2.05. The molecule has 0 spiro atoms. The minimum Gasteiger partial charge on any atom is -0.311 e. The predicted molar refractivity (Wildman–Crippen MR) is 60.4 cm³/mol. The number of alkyl halides is 1. The maximum atomic E-state index is 12.8. The molecule has 1 N–H and O–H groups in total. The van der Waals surface area contributed by atoms with Crippen LogP contribution >= 0.6 is 0 Å². The zero-order chi connectivity index (χ0) is 10.6. The molecule has 0 aromatic rings. The zero-order valence-electron chi connectivity index (χ0n) is 9.59. The van der Waals surface area contributed by atoms with Crippen LogP contribution in [0.25, 0.3) is 0 Å². The highest BCUT2D eigenvalue weighted by molar-refractivity contribution is 4.79. The fourth-order valence-corrected chi connectivity index (χ4v) is 2.18. The Morgan fingerprint density at radius 3 is 2.79 bits per heavy atom. The normalized spacial score (nSPS) is 26.8. The lowest BCUT2D eigenvalue weighted by Crippen LogP contribution is -2.48. The zero-order valence-corrected chi connectivity index (χ0v) is 9.59. The van der Waals surface area contributed by atoms with Gasteiger partial charge in [-0.2, -0.15) is 0 Å². The van der Waals surface area contributed by atoms with Crippen LogP contribution in [0.15, 0.2) is 0 Å². The minimum atomic E-state index is -0.701. The van der Waals surface area contributed by atoms with Gasteiger partial charge < -0.3 is 5.32 Å². The molecule has 2 unspecified atom stereocenters. The van der Waals surface area contributed by atoms with Gasteiger partial charge in [-0.25, -0.2) is 4.39 Å². The van der Waals surface area contributed by atoms with Gasteiger partial charge in [0.05, 0.1) is 0 Å². The summed E-state index contributed by atoms with van der Waals surface area (Å²) in [6.07, 6.45) is 1.72. The van der Waals surface area contributed by atoms with Crippen LogP contribution in [0.3, 0.4) is 0 Å². The smallest absolute Gasteiger partial charge is 0.110 e. The number of rotatable bonds is 4. The lowest BCUT2D eigenvalue weighted by molar-refractivity contribution is 0.148. The highest BCUT2D eigenvalue weighted by Crippen LogP contribution is 2.11. The van der Waals surface area contributed by atoms with Crippen molar-refractivity contribution in [3.05, 3.63) is 0 Å². The van der Waals surface area contributed by atoms with Crippen LogP contribution in [-0.4, -0.2) is 42.8 Å². The van der Waals surface area contributed by atoms with E-state index in [9.17, 15) is 4.39 Å². The first-order valence-electron chi connectivity index (χ1n) is 5.70. The SMILES string of the molecule is CC(F)CN1CCCC(NC(C)C)C1.[HH]. The highest BCUT2D eigenvalue weighted by atomic mass is 19.1. The molecule has 0 amide bonds. The molecule has 0 aromatic carbocycles. The second kappa shape index (κ2) is 5.66. The van der Waals surface area contributed by atoms with Gasteiger partial charge >= 0.3 is 0 Å². The molecule has 0 aliphatic carbocycles. The summed E-state index contributed by atoms with van der Waals surface area (Å²) in [7, 11) is 0. The van der Waals surface area contributed by atoms with E-state index in [1.165, 1.54) is 12.8 Å². The van der Waals surface area contributed by atoms with Gasteiger partial charge in [-0.15, -0.1) is 0 Å². The van der Waals surface area contributed by atoms with Crippen molar-refractivity contribution in [2.24, 2.45) is 0 Å². The van der Waals surface area contributed by atoms with Crippen LogP contribution in [0, 0.1) is 0 Å². The van der Waals surface area contributed by atoms with E-state index in [-0.39, 0.29) is 1.43 Å². The highest BCUT2D eigenvalue weighted by Gasteiger charge is 2.20. The molecule has 0 aromatic heterocycles. The van der Waals surface area contributed by atoms with Crippen molar-refractivity contribution in [3.63, 3.8) is 0 Å². The van der Waals surface area contributed by atoms with Crippen molar-refractivity contribution in [1.82, 2.24) is 10.2 Å². The Morgan fingerprint density at radius 2 is 2.21 bits per heavy atom. The van der Waals surface area contributed by atoms with Gasteiger partial charge in [-0.1, -0.05) is 13.8 Å². The summed E-state index contributed by atoms with van der Waals surface area (Å²) in [6.45, 7) is 8.63. The summed E-state index contributed by atoms with van der Waals surface area (Å²) < 4.78 is 12.8.